The van der Waals surface area contributed by atoms with Gasteiger partial charge >= 0.3 is 0 Å². The van der Waals surface area contributed by atoms with E-state index in [4.69, 9.17) is 17.3 Å². The molecule has 2 aromatic rings. The fourth-order valence-corrected chi connectivity index (χ4v) is 3.17. The van der Waals surface area contributed by atoms with Crippen molar-refractivity contribution in [1.82, 2.24) is 4.90 Å². The van der Waals surface area contributed by atoms with Crippen LogP contribution in [-0.4, -0.2) is 31.1 Å². The first kappa shape index (κ1) is 15.3. The molecular formula is C18H22ClN3. The van der Waals surface area contributed by atoms with Crippen LogP contribution in [-0.2, 0) is 13.1 Å². The fraction of sp³-hybridized carbons (Fsp3) is 0.333. The van der Waals surface area contributed by atoms with E-state index >= 15 is 0 Å². The van der Waals surface area contributed by atoms with Gasteiger partial charge in [-0.2, -0.15) is 0 Å². The van der Waals surface area contributed by atoms with Gasteiger partial charge < -0.3 is 10.6 Å². The smallest absolute Gasteiger partial charge is 0.0426 e. The van der Waals surface area contributed by atoms with Crippen LogP contribution >= 0.6 is 11.6 Å². The summed E-state index contributed by atoms with van der Waals surface area (Å²) in [4.78, 5) is 4.90. The Balaban J connectivity index is 1.60. The van der Waals surface area contributed by atoms with Crippen molar-refractivity contribution in [3.63, 3.8) is 0 Å². The van der Waals surface area contributed by atoms with E-state index in [-0.39, 0.29) is 0 Å². The molecule has 0 spiro atoms. The number of nitrogens with two attached hydrogens (primary N) is 1. The maximum absolute atomic E-state index is 6.08. The number of anilines is 1. The molecule has 1 aliphatic rings. The summed E-state index contributed by atoms with van der Waals surface area (Å²) >= 11 is 6.08. The zero-order chi connectivity index (χ0) is 15.4. The minimum absolute atomic E-state index is 0.610. The molecule has 22 heavy (non-hydrogen) atoms. The molecule has 0 radical (unpaired) electrons. The van der Waals surface area contributed by atoms with Crippen molar-refractivity contribution in [1.29, 1.82) is 0 Å². The van der Waals surface area contributed by atoms with Gasteiger partial charge in [0.2, 0.25) is 0 Å². The average molecular weight is 316 g/mol. The zero-order valence-electron chi connectivity index (χ0n) is 12.7. The van der Waals surface area contributed by atoms with Gasteiger partial charge in [0, 0.05) is 50.0 Å². The number of hydrogen-bond donors (Lipinski definition) is 1. The first-order valence-electron chi connectivity index (χ1n) is 7.76. The monoisotopic (exact) mass is 315 g/mol. The summed E-state index contributed by atoms with van der Waals surface area (Å²) in [5.41, 5.74) is 9.64. The Morgan fingerprint density at radius 3 is 2.32 bits per heavy atom. The van der Waals surface area contributed by atoms with Crippen molar-refractivity contribution in [2.45, 2.75) is 13.1 Å². The Morgan fingerprint density at radius 1 is 0.909 bits per heavy atom. The summed E-state index contributed by atoms with van der Waals surface area (Å²) < 4.78 is 0. The number of rotatable bonds is 4. The van der Waals surface area contributed by atoms with Gasteiger partial charge in [-0.1, -0.05) is 41.9 Å². The third kappa shape index (κ3) is 3.61. The summed E-state index contributed by atoms with van der Waals surface area (Å²) in [5.74, 6) is 0. The number of halogens is 1. The molecule has 3 rings (SSSR count). The highest BCUT2D eigenvalue weighted by molar-refractivity contribution is 6.30. The second-order valence-electron chi connectivity index (χ2n) is 5.72. The van der Waals surface area contributed by atoms with E-state index < -0.39 is 0 Å². The first-order chi connectivity index (χ1) is 10.8. The van der Waals surface area contributed by atoms with E-state index in [9.17, 15) is 0 Å². The number of benzene rings is 2. The fourth-order valence-electron chi connectivity index (χ4n) is 2.99. The molecule has 1 heterocycles. The minimum atomic E-state index is 0.610. The summed E-state index contributed by atoms with van der Waals surface area (Å²) in [7, 11) is 0. The Bertz CT molecular complexity index is 621. The molecule has 0 unspecified atom stereocenters. The van der Waals surface area contributed by atoms with Gasteiger partial charge in [0.1, 0.15) is 0 Å². The Kier molecular flexibility index (Phi) is 4.98. The van der Waals surface area contributed by atoms with Gasteiger partial charge in [-0.05, 0) is 29.3 Å². The van der Waals surface area contributed by atoms with E-state index in [1.807, 2.05) is 18.2 Å². The van der Waals surface area contributed by atoms with Crippen LogP contribution in [0.2, 0.25) is 5.02 Å². The second kappa shape index (κ2) is 7.14. The van der Waals surface area contributed by atoms with Crippen molar-refractivity contribution in [2.24, 2.45) is 5.73 Å². The molecule has 1 fully saturated rings. The van der Waals surface area contributed by atoms with Crippen LogP contribution in [0.15, 0.2) is 48.5 Å². The van der Waals surface area contributed by atoms with E-state index in [0.717, 1.165) is 37.7 Å². The molecule has 2 aromatic carbocycles. The normalized spacial score (nSPS) is 16.0. The van der Waals surface area contributed by atoms with Crippen LogP contribution in [0.5, 0.6) is 0 Å². The summed E-state index contributed by atoms with van der Waals surface area (Å²) in [6.45, 7) is 5.78. The van der Waals surface area contributed by atoms with E-state index in [1.54, 1.807) is 0 Å². The van der Waals surface area contributed by atoms with E-state index in [1.165, 1.54) is 16.8 Å². The van der Waals surface area contributed by atoms with Crippen LogP contribution in [0.1, 0.15) is 11.1 Å². The lowest BCUT2D eigenvalue weighted by Gasteiger charge is -2.36. The first-order valence-corrected chi connectivity index (χ1v) is 8.14. The molecule has 0 amide bonds. The molecular weight excluding hydrogens is 294 g/mol. The summed E-state index contributed by atoms with van der Waals surface area (Å²) in [6.07, 6.45) is 0. The molecule has 0 saturated carbocycles. The zero-order valence-corrected chi connectivity index (χ0v) is 13.5. The highest BCUT2D eigenvalue weighted by Gasteiger charge is 2.18. The third-order valence-corrected chi connectivity index (χ3v) is 4.51. The summed E-state index contributed by atoms with van der Waals surface area (Å²) in [5, 5.41) is 0.803. The number of piperazine rings is 1. The number of hydrogen-bond acceptors (Lipinski definition) is 3. The largest absolute Gasteiger partial charge is 0.369 e. The van der Waals surface area contributed by atoms with Crippen LogP contribution in [0.3, 0.4) is 0 Å². The van der Waals surface area contributed by atoms with E-state index in [2.05, 4.69) is 40.1 Å². The van der Waals surface area contributed by atoms with Gasteiger partial charge in [0.25, 0.3) is 0 Å². The predicted molar refractivity (Wildman–Crippen MR) is 93.3 cm³/mol. The Morgan fingerprint density at radius 2 is 1.64 bits per heavy atom. The molecule has 0 aromatic heterocycles. The number of nitrogens with zero attached hydrogens (tertiary/aromatic N) is 2. The van der Waals surface area contributed by atoms with Crippen LogP contribution < -0.4 is 10.6 Å². The van der Waals surface area contributed by atoms with Crippen molar-refractivity contribution in [3.05, 3.63) is 64.7 Å². The van der Waals surface area contributed by atoms with Crippen molar-refractivity contribution in [3.8, 4) is 0 Å². The Hall–Kier alpha value is -1.55. The molecule has 0 bridgehead atoms. The maximum Gasteiger partial charge on any atom is 0.0426 e. The molecule has 4 heteroatoms. The van der Waals surface area contributed by atoms with Gasteiger partial charge in [0.05, 0.1) is 0 Å². The highest BCUT2D eigenvalue weighted by atomic mass is 35.5. The van der Waals surface area contributed by atoms with E-state index in [0.29, 0.717) is 6.54 Å². The van der Waals surface area contributed by atoms with Gasteiger partial charge in [-0.3, -0.25) is 4.90 Å². The topological polar surface area (TPSA) is 32.5 Å². The summed E-state index contributed by atoms with van der Waals surface area (Å²) in [6, 6.07) is 16.6. The SMILES string of the molecule is NCc1ccccc1CN1CCN(c2cccc(Cl)c2)CC1. The van der Waals surface area contributed by atoms with Crippen LogP contribution in [0.25, 0.3) is 0 Å². The quantitative estimate of drug-likeness (QED) is 0.941. The third-order valence-electron chi connectivity index (χ3n) is 4.28. The average Bonchev–Trinajstić information content (AvgIpc) is 2.56. The van der Waals surface area contributed by atoms with Crippen molar-refractivity contribution < 1.29 is 0 Å². The molecule has 116 valence electrons. The molecule has 0 aliphatic carbocycles. The lowest BCUT2D eigenvalue weighted by molar-refractivity contribution is 0.249. The second-order valence-corrected chi connectivity index (χ2v) is 6.15. The highest BCUT2D eigenvalue weighted by Crippen LogP contribution is 2.21. The molecule has 3 nitrogen and oxygen atoms in total. The molecule has 1 saturated heterocycles. The standard InChI is InChI=1S/C18H22ClN3/c19-17-6-3-7-18(12-17)22-10-8-21(9-11-22)14-16-5-2-1-4-15(16)13-20/h1-7,12H,8-11,13-14,20H2. The van der Waals surface area contributed by atoms with Crippen LogP contribution in [0.4, 0.5) is 5.69 Å². The molecule has 0 atom stereocenters. The van der Waals surface area contributed by atoms with Crippen LogP contribution in [0, 0.1) is 0 Å². The van der Waals surface area contributed by atoms with Crippen molar-refractivity contribution in [2.75, 3.05) is 31.1 Å². The lowest BCUT2D eigenvalue weighted by Crippen LogP contribution is -2.46. The van der Waals surface area contributed by atoms with Gasteiger partial charge in [0.15, 0.2) is 0 Å². The van der Waals surface area contributed by atoms with Gasteiger partial charge in [-0.25, -0.2) is 0 Å². The van der Waals surface area contributed by atoms with Crippen molar-refractivity contribution >= 4 is 17.3 Å². The molecule has 2 N–H and O–H groups in total. The predicted octanol–water partition coefficient (Wildman–Crippen LogP) is 3.12. The lowest BCUT2D eigenvalue weighted by atomic mass is 10.1. The molecule has 1 aliphatic heterocycles. The minimum Gasteiger partial charge on any atom is -0.369 e. The maximum atomic E-state index is 6.08. The Labute approximate surface area is 137 Å². The van der Waals surface area contributed by atoms with Gasteiger partial charge in [-0.15, -0.1) is 0 Å².